The van der Waals surface area contributed by atoms with Crippen molar-refractivity contribution in [1.29, 1.82) is 0 Å². The monoisotopic (exact) mass is 465 g/mol. The van der Waals surface area contributed by atoms with Gasteiger partial charge >= 0.3 is 0 Å². The van der Waals surface area contributed by atoms with Crippen LogP contribution >= 0.6 is 0 Å². The molecule has 4 atom stereocenters. The highest BCUT2D eigenvalue weighted by atomic mass is 16.6. The highest BCUT2D eigenvalue weighted by Gasteiger charge is 2.53. The number of nitrogens with zero attached hydrogens (tertiary/aromatic N) is 2. The van der Waals surface area contributed by atoms with Crippen LogP contribution in [0.15, 0.2) is 48.5 Å². The molecule has 8 rings (SSSR count). The van der Waals surface area contributed by atoms with Gasteiger partial charge in [0.05, 0.1) is 22.1 Å². The van der Waals surface area contributed by atoms with E-state index in [9.17, 15) is 4.79 Å². The van der Waals surface area contributed by atoms with E-state index in [4.69, 9.17) is 9.47 Å². The number of methoxy groups -OCH3 is 1. The van der Waals surface area contributed by atoms with Gasteiger partial charge in [0.25, 0.3) is 0 Å². The van der Waals surface area contributed by atoms with E-state index < -0.39 is 5.72 Å². The average molecular weight is 466 g/mol. The number of nitrogens with one attached hydrogen (secondary N) is 1. The van der Waals surface area contributed by atoms with Gasteiger partial charge in [0.2, 0.25) is 0 Å². The third-order valence-corrected chi connectivity index (χ3v) is 8.82. The Hall–Kier alpha value is -3.19. The van der Waals surface area contributed by atoms with Crippen LogP contribution in [-0.2, 0) is 21.6 Å². The number of carbonyl (C=O) groups excluding carboxylic acids is 1. The SMILES string of the molecule is CN[C@H]1C[C@H]2O[C@@](C)([C@H]1OC)n1c3ccccc3c3c4c(c5c6ccccc6n2c5c31)C(=O)CC4. The molecule has 1 fully saturated rings. The van der Waals surface area contributed by atoms with Crippen LogP contribution in [0.5, 0.6) is 0 Å². The minimum Gasteiger partial charge on any atom is -0.375 e. The Morgan fingerprint density at radius 2 is 1.71 bits per heavy atom. The second kappa shape index (κ2) is 6.52. The Kier molecular flexibility index (Phi) is 3.73. The van der Waals surface area contributed by atoms with Crippen LogP contribution in [0, 0.1) is 0 Å². The number of benzene rings is 3. The highest BCUT2D eigenvalue weighted by Crippen LogP contribution is 2.54. The van der Waals surface area contributed by atoms with E-state index in [1.54, 1.807) is 7.11 Å². The van der Waals surface area contributed by atoms with Gasteiger partial charge in [0.15, 0.2) is 11.5 Å². The van der Waals surface area contributed by atoms with E-state index in [0.29, 0.717) is 6.42 Å². The van der Waals surface area contributed by atoms with E-state index >= 15 is 0 Å². The molecule has 6 nitrogen and oxygen atoms in total. The normalized spacial score (nSPS) is 27.5. The van der Waals surface area contributed by atoms with Crippen LogP contribution in [0.4, 0.5) is 0 Å². The highest BCUT2D eigenvalue weighted by molar-refractivity contribution is 6.31. The Bertz CT molecular complexity index is 1740. The minimum atomic E-state index is -0.739. The number of ether oxygens (including phenoxy) is 2. The van der Waals surface area contributed by atoms with Crippen LogP contribution in [-0.4, -0.2) is 41.2 Å². The molecular weight excluding hydrogens is 438 g/mol. The Morgan fingerprint density at radius 3 is 2.46 bits per heavy atom. The van der Waals surface area contributed by atoms with Gasteiger partial charge in [-0.2, -0.15) is 0 Å². The van der Waals surface area contributed by atoms with Gasteiger partial charge in [0, 0.05) is 53.1 Å². The second-order valence-electron chi connectivity index (χ2n) is 10.4. The minimum absolute atomic E-state index is 0.0963. The predicted molar refractivity (Wildman–Crippen MR) is 137 cm³/mol. The molecular formula is C29H27N3O3. The number of para-hydroxylation sites is 2. The van der Waals surface area contributed by atoms with Gasteiger partial charge in [-0.3, -0.25) is 4.79 Å². The topological polar surface area (TPSA) is 57.4 Å². The van der Waals surface area contributed by atoms with Crippen molar-refractivity contribution in [3.05, 3.63) is 59.7 Å². The fourth-order valence-electron chi connectivity index (χ4n) is 7.57. The van der Waals surface area contributed by atoms with Crippen molar-refractivity contribution in [2.75, 3.05) is 14.2 Å². The molecule has 1 aliphatic carbocycles. The molecule has 2 aromatic heterocycles. The van der Waals surface area contributed by atoms with Gasteiger partial charge in [0.1, 0.15) is 12.3 Å². The van der Waals surface area contributed by atoms with Crippen LogP contribution in [0.2, 0.25) is 0 Å². The molecule has 0 saturated carbocycles. The molecule has 4 heterocycles. The zero-order valence-corrected chi connectivity index (χ0v) is 20.1. The number of Topliss-reactive ketones (excluding diaryl/α,β-unsaturated/α-hetero) is 1. The first-order valence-corrected chi connectivity index (χ1v) is 12.5. The molecule has 0 amide bonds. The van der Waals surface area contributed by atoms with Crippen molar-refractivity contribution < 1.29 is 14.3 Å². The Balaban J connectivity index is 1.72. The molecule has 6 heteroatoms. The maximum absolute atomic E-state index is 13.4. The number of aryl methyl sites for hydroxylation is 1. The molecule has 176 valence electrons. The molecule has 0 unspecified atom stereocenters. The summed E-state index contributed by atoms with van der Waals surface area (Å²) in [6.45, 7) is 2.17. The van der Waals surface area contributed by atoms with Crippen molar-refractivity contribution in [2.24, 2.45) is 0 Å². The summed E-state index contributed by atoms with van der Waals surface area (Å²) < 4.78 is 18.0. The zero-order chi connectivity index (χ0) is 23.6. The van der Waals surface area contributed by atoms with Crippen molar-refractivity contribution in [3.63, 3.8) is 0 Å². The first-order chi connectivity index (χ1) is 17.1. The molecule has 35 heavy (non-hydrogen) atoms. The number of hydrogen-bond donors (Lipinski definition) is 1. The van der Waals surface area contributed by atoms with E-state index in [-0.39, 0.29) is 24.2 Å². The van der Waals surface area contributed by atoms with E-state index in [0.717, 1.165) is 51.2 Å². The summed E-state index contributed by atoms with van der Waals surface area (Å²) >= 11 is 0. The maximum Gasteiger partial charge on any atom is 0.173 e. The number of ketones is 1. The quantitative estimate of drug-likeness (QED) is 0.387. The van der Waals surface area contributed by atoms with Crippen LogP contribution in [0.1, 0.15) is 41.9 Å². The average Bonchev–Trinajstić information content (AvgIpc) is 3.51. The van der Waals surface area contributed by atoms with Crippen LogP contribution in [0.3, 0.4) is 0 Å². The lowest BCUT2D eigenvalue weighted by Crippen LogP contribution is -2.59. The van der Waals surface area contributed by atoms with Crippen molar-refractivity contribution in [3.8, 4) is 0 Å². The standard InChI is InChI=1S/C29H27N3O3/c1-29-28(34-3)18(30-2)14-22(35-29)31-19-10-6-4-8-15(19)25-24-17(12-13-21(24)33)23-16-9-5-7-11-20(16)32(29)27(23)26(25)31/h4-11,18,22,28,30H,12-14H2,1-3H3/t18-,22+,28-,29-/m0/s1. The van der Waals surface area contributed by atoms with Crippen molar-refractivity contribution in [2.45, 2.75) is 50.3 Å². The lowest BCUT2D eigenvalue weighted by Gasteiger charge is -2.48. The third-order valence-electron chi connectivity index (χ3n) is 8.82. The van der Waals surface area contributed by atoms with Gasteiger partial charge < -0.3 is 23.9 Å². The molecule has 2 bridgehead atoms. The van der Waals surface area contributed by atoms with Gasteiger partial charge in [-0.25, -0.2) is 0 Å². The molecule has 2 aliphatic heterocycles. The summed E-state index contributed by atoms with van der Waals surface area (Å²) in [4.78, 5) is 13.4. The number of likely N-dealkylation sites (N-methyl/N-ethyl adjacent to an activating group) is 1. The predicted octanol–water partition coefficient (Wildman–Crippen LogP) is 5.24. The molecule has 3 aliphatic rings. The summed E-state index contributed by atoms with van der Waals surface area (Å²) in [5.74, 6) is 0.254. The lowest BCUT2D eigenvalue weighted by atomic mass is 9.93. The van der Waals surface area contributed by atoms with E-state index in [1.165, 1.54) is 16.3 Å². The Labute approximate surface area is 202 Å². The maximum atomic E-state index is 13.4. The lowest BCUT2D eigenvalue weighted by molar-refractivity contribution is -0.256. The van der Waals surface area contributed by atoms with E-state index in [2.05, 4.69) is 69.9 Å². The second-order valence-corrected chi connectivity index (χ2v) is 10.4. The first-order valence-electron chi connectivity index (χ1n) is 12.5. The van der Waals surface area contributed by atoms with Crippen molar-refractivity contribution in [1.82, 2.24) is 14.5 Å². The Morgan fingerprint density at radius 1 is 1.00 bits per heavy atom. The summed E-state index contributed by atoms with van der Waals surface area (Å²) in [5.41, 5.74) is 5.89. The summed E-state index contributed by atoms with van der Waals surface area (Å²) in [5, 5.41) is 8.12. The number of carbonyl (C=O) groups is 1. The van der Waals surface area contributed by atoms with E-state index in [1.807, 2.05) is 7.05 Å². The molecule has 1 saturated heterocycles. The molecule has 5 aromatic rings. The third kappa shape index (κ3) is 2.16. The fraction of sp³-hybridized carbons (Fsp3) is 0.345. The molecule has 0 radical (unpaired) electrons. The fourth-order valence-corrected chi connectivity index (χ4v) is 7.57. The van der Waals surface area contributed by atoms with Gasteiger partial charge in [-0.15, -0.1) is 0 Å². The molecule has 3 aromatic carbocycles. The van der Waals surface area contributed by atoms with Crippen LogP contribution < -0.4 is 5.32 Å². The summed E-state index contributed by atoms with van der Waals surface area (Å²) in [6, 6.07) is 17.2. The molecule has 0 spiro atoms. The van der Waals surface area contributed by atoms with Crippen LogP contribution in [0.25, 0.3) is 43.6 Å². The smallest absolute Gasteiger partial charge is 0.173 e. The number of fused-ring (bicyclic) bond motifs is 13. The number of rotatable bonds is 2. The summed E-state index contributed by atoms with van der Waals surface area (Å²) in [7, 11) is 3.79. The number of aromatic nitrogens is 2. The van der Waals surface area contributed by atoms with Gasteiger partial charge in [-0.05, 0) is 38.1 Å². The van der Waals surface area contributed by atoms with Gasteiger partial charge in [-0.1, -0.05) is 36.4 Å². The number of hydrogen-bond acceptors (Lipinski definition) is 4. The summed E-state index contributed by atoms with van der Waals surface area (Å²) in [6.07, 6.45) is 1.74. The van der Waals surface area contributed by atoms with Crippen molar-refractivity contribution >= 4 is 49.4 Å². The largest absolute Gasteiger partial charge is 0.375 e. The first kappa shape index (κ1) is 20.0. The molecule has 1 N–H and O–H groups in total. The zero-order valence-electron chi connectivity index (χ0n) is 20.1.